The highest BCUT2D eigenvalue weighted by molar-refractivity contribution is 6.05. The lowest BCUT2D eigenvalue weighted by molar-refractivity contribution is 0.131. The van der Waals surface area contributed by atoms with Crippen molar-refractivity contribution in [2.75, 3.05) is 57.4 Å². The van der Waals surface area contributed by atoms with Crippen molar-refractivity contribution in [3.05, 3.63) is 53.1 Å². The van der Waals surface area contributed by atoms with Gasteiger partial charge in [-0.3, -0.25) is 0 Å². The number of piperazine rings is 1. The lowest BCUT2D eigenvalue weighted by Gasteiger charge is -2.34. The Hall–Kier alpha value is -4.04. The van der Waals surface area contributed by atoms with Crippen LogP contribution in [-0.4, -0.2) is 84.6 Å². The third kappa shape index (κ3) is 5.45. The molecule has 260 valence electrons. The molecule has 5 aliphatic rings. The Balaban J connectivity index is 1.16. The number of likely N-dealkylation sites (tertiary alicyclic amines) is 1. The molecule has 5 fully saturated rings. The van der Waals surface area contributed by atoms with Gasteiger partial charge in [0.2, 0.25) is 0 Å². The number of phenols is 1. The summed E-state index contributed by atoms with van der Waals surface area (Å²) in [6.45, 7) is 10.8. The number of phenolic OH excluding ortho intramolecular Hbond substituents is 1. The minimum atomic E-state index is -0.577. The monoisotopic (exact) mass is 679 g/mol. The van der Waals surface area contributed by atoms with E-state index in [1.165, 1.54) is 18.2 Å². The molecule has 2 unspecified atom stereocenters. The van der Waals surface area contributed by atoms with Crippen LogP contribution in [0.2, 0.25) is 0 Å². The van der Waals surface area contributed by atoms with Crippen molar-refractivity contribution in [1.29, 1.82) is 0 Å². The van der Waals surface area contributed by atoms with Crippen molar-refractivity contribution in [2.24, 2.45) is 17.3 Å². The van der Waals surface area contributed by atoms with Gasteiger partial charge in [-0.15, -0.1) is 6.42 Å². The van der Waals surface area contributed by atoms with Crippen molar-refractivity contribution in [3.8, 4) is 35.2 Å². The van der Waals surface area contributed by atoms with Crippen LogP contribution in [0.4, 0.5) is 14.6 Å². The third-order valence-electron chi connectivity index (χ3n) is 11.9. The standard InChI is InChI=1S/C40H43F2N5O3/c1-4-29-33(41)8-5-23-11-28(48)12-31(34(23)29)35-30(22(2)3)13-32-37(36(35)42)44-39(45-38(32)47-16-26-6-7-27(17-47)43-26)50-21-40(9-10-40)20-46-14-24-18-49-19-25(24)15-46/h1,5,8,11-13,22,24-27,43,48H,6-7,9-10,14-21H2,2-3H3/t24-,25+,26?,27?. The lowest BCUT2D eigenvalue weighted by atomic mass is 9.86. The summed E-state index contributed by atoms with van der Waals surface area (Å²) in [5.74, 6) is 3.06. The number of ether oxygens (including phenoxy) is 2. The van der Waals surface area contributed by atoms with E-state index in [2.05, 4.69) is 21.0 Å². The van der Waals surface area contributed by atoms with E-state index < -0.39 is 11.6 Å². The number of nitrogens with one attached hydrogen (secondary N) is 1. The topological polar surface area (TPSA) is 83.0 Å². The summed E-state index contributed by atoms with van der Waals surface area (Å²) in [6, 6.07) is 8.65. The van der Waals surface area contributed by atoms with Gasteiger partial charge in [0, 0.05) is 78.4 Å². The van der Waals surface area contributed by atoms with E-state index >= 15 is 8.78 Å². The van der Waals surface area contributed by atoms with E-state index in [0.717, 1.165) is 71.6 Å². The van der Waals surface area contributed by atoms with Crippen LogP contribution in [0, 0.1) is 41.2 Å². The van der Waals surface area contributed by atoms with Gasteiger partial charge in [-0.25, -0.2) is 8.78 Å². The first kappa shape index (κ1) is 31.9. The van der Waals surface area contributed by atoms with Gasteiger partial charge in [-0.1, -0.05) is 25.8 Å². The van der Waals surface area contributed by atoms with E-state index in [1.807, 2.05) is 19.9 Å². The molecule has 50 heavy (non-hydrogen) atoms. The van der Waals surface area contributed by atoms with E-state index in [-0.39, 0.29) is 39.7 Å². The molecule has 4 aromatic rings. The maximum atomic E-state index is 17.5. The largest absolute Gasteiger partial charge is 0.508 e. The molecule has 0 spiro atoms. The van der Waals surface area contributed by atoms with Crippen LogP contribution in [-0.2, 0) is 4.74 Å². The average molecular weight is 680 g/mol. The number of halogens is 2. The summed E-state index contributed by atoms with van der Waals surface area (Å²) in [4.78, 5) is 14.6. The van der Waals surface area contributed by atoms with Crippen molar-refractivity contribution >= 4 is 27.5 Å². The summed E-state index contributed by atoms with van der Waals surface area (Å²) in [5.41, 5.74) is 1.48. The molecule has 4 atom stereocenters. The molecule has 2 N–H and O–H groups in total. The number of anilines is 1. The van der Waals surface area contributed by atoms with Gasteiger partial charge in [0.05, 0.1) is 25.4 Å². The maximum Gasteiger partial charge on any atom is 0.319 e. The third-order valence-corrected chi connectivity index (χ3v) is 11.9. The molecule has 8 nitrogen and oxygen atoms in total. The van der Waals surface area contributed by atoms with Crippen molar-refractivity contribution < 1.29 is 23.4 Å². The Bertz CT molecular complexity index is 2040. The molecule has 4 aliphatic heterocycles. The fourth-order valence-corrected chi connectivity index (χ4v) is 9.11. The summed E-state index contributed by atoms with van der Waals surface area (Å²) in [7, 11) is 0. The van der Waals surface area contributed by atoms with Gasteiger partial charge >= 0.3 is 6.01 Å². The quantitative estimate of drug-likeness (QED) is 0.213. The molecule has 5 heterocycles. The highest BCUT2D eigenvalue weighted by Crippen LogP contribution is 2.48. The van der Waals surface area contributed by atoms with Crippen LogP contribution in [0.15, 0.2) is 30.3 Å². The van der Waals surface area contributed by atoms with Crippen LogP contribution in [0.1, 0.15) is 56.6 Å². The molecule has 9 rings (SSSR count). The van der Waals surface area contributed by atoms with Gasteiger partial charge in [0.15, 0.2) is 5.82 Å². The van der Waals surface area contributed by atoms with Gasteiger partial charge in [-0.2, -0.15) is 9.97 Å². The molecule has 2 bridgehead atoms. The highest BCUT2D eigenvalue weighted by Gasteiger charge is 2.48. The number of fused-ring (bicyclic) bond motifs is 5. The van der Waals surface area contributed by atoms with E-state index in [1.54, 1.807) is 6.07 Å². The Kier molecular flexibility index (Phi) is 7.68. The first-order chi connectivity index (χ1) is 24.2. The van der Waals surface area contributed by atoms with Crippen LogP contribution >= 0.6 is 0 Å². The summed E-state index contributed by atoms with van der Waals surface area (Å²) >= 11 is 0. The average Bonchev–Trinajstić information content (AvgIpc) is 3.34. The van der Waals surface area contributed by atoms with Crippen LogP contribution in [0.5, 0.6) is 11.8 Å². The predicted molar refractivity (Wildman–Crippen MR) is 190 cm³/mol. The number of benzene rings is 3. The normalized spacial score (nSPS) is 25.5. The molecular weight excluding hydrogens is 636 g/mol. The van der Waals surface area contributed by atoms with E-state index in [0.29, 0.717) is 63.6 Å². The second-order valence-electron chi connectivity index (χ2n) is 15.8. The van der Waals surface area contributed by atoms with Gasteiger partial charge < -0.3 is 29.7 Å². The molecule has 10 heteroatoms. The first-order valence-corrected chi connectivity index (χ1v) is 18.1. The van der Waals surface area contributed by atoms with Gasteiger partial charge in [0.25, 0.3) is 0 Å². The second kappa shape index (κ2) is 12.0. The molecule has 0 radical (unpaired) electrons. The zero-order valence-electron chi connectivity index (χ0n) is 28.6. The van der Waals surface area contributed by atoms with Crippen LogP contribution in [0.3, 0.4) is 0 Å². The number of rotatable bonds is 8. The van der Waals surface area contributed by atoms with Crippen molar-refractivity contribution in [1.82, 2.24) is 20.2 Å². The van der Waals surface area contributed by atoms with Crippen molar-refractivity contribution in [2.45, 2.75) is 57.5 Å². The lowest BCUT2D eigenvalue weighted by Crippen LogP contribution is -2.51. The Morgan fingerprint density at radius 2 is 1.80 bits per heavy atom. The molecule has 0 amide bonds. The molecule has 1 saturated carbocycles. The maximum absolute atomic E-state index is 17.5. The van der Waals surface area contributed by atoms with Crippen LogP contribution < -0.4 is 15.0 Å². The van der Waals surface area contributed by atoms with Crippen molar-refractivity contribution in [3.63, 3.8) is 0 Å². The summed E-state index contributed by atoms with van der Waals surface area (Å²) in [6.07, 6.45) is 10.2. The van der Waals surface area contributed by atoms with Crippen LogP contribution in [0.25, 0.3) is 32.8 Å². The second-order valence-corrected chi connectivity index (χ2v) is 15.8. The summed E-state index contributed by atoms with van der Waals surface area (Å²) in [5, 5.41) is 16.0. The fraction of sp³-hybridized carbons (Fsp3) is 0.500. The SMILES string of the molecule is C#Cc1c(F)ccc2cc(O)cc(-c3c(C(C)C)cc4c(N5CC6CCC(C5)N6)nc(OCC5(CN6C[C@H]7COC[C@H]7C6)CC5)nc4c3F)c12. The molecule has 1 aromatic heterocycles. The Morgan fingerprint density at radius 1 is 1.06 bits per heavy atom. The fourth-order valence-electron chi connectivity index (χ4n) is 9.11. The van der Waals surface area contributed by atoms with E-state index in [9.17, 15) is 5.11 Å². The number of nitrogens with zero attached hydrogens (tertiary/aromatic N) is 4. The zero-order valence-corrected chi connectivity index (χ0v) is 28.6. The highest BCUT2D eigenvalue weighted by atomic mass is 19.1. The van der Waals surface area contributed by atoms with Gasteiger partial charge in [0.1, 0.15) is 22.9 Å². The molecular formula is C40H43F2N5O3. The zero-order chi connectivity index (χ0) is 34.3. The number of aromatic nitrogens is 2. The number of hydrogen-bond donors (Lipinski definition) is 2. The van der Waals surface area contributed by atoms with E-state index in [4.69, 9.17) is 25.9 Å². The van der Waals surface area contributed by atoms with Gasteiger partial charge in [-0.05, 0) is 72.4 Å². The molecule has 4 saturated heterocycles. The summed E-state index contributed by atoms with van der Waals surface area (Å²) < 4.78 is 44.8. The number of terminal acetylenes is 1. The smallest absolute Gasteiger partial charge is 0.319 e. The number of aromatic hydroxyl groups is 1. The minimum absolute atomic E-state index is 0.0271. The first-order valence-electron chi connectivity index (χ1n) is 18.1. The Labute approximate surface area is 291 Å². The number of hydrogen-bond acceptors (Lipinski definition) is 8. The Morgan fingerprint density at radius 3 is 2.48 bits per heavy atom. The minimum Gasteiger partial charge on any atom is -0.508 e. The molecule has 1 aliphatic carbocycles. The predicted octanol–water partition coefficient (Wildman–Crippen LogP) is 6.22. The molecule has 3 aromatic carbocycles.